The van der Waals surface area contributed by atoms with Crippen molar-refractivity contribution in [3.05, 3.63) is 52.5 Å². The van der Waals surface area contributed by atoms with Crippen molar-refractivity contribution in [1.29, 1.82) is 0 Å². The molecule has 4 rings (SSSR count). The largest absolute Gasteiger partial charge is 0.496 e. The van der Waals surface area contributed by atoms with Crippen LogP contribution in [-0.4, -0.2) is 42.1 Å². The average Bonchev–Trinajstić information content (AvgIpc) is 2.77. The third-order valence-electron chi connectivity index (χ3n) is 5.52. The highest BCUT2D eigenvalue weighted by molar-refractivity contribution is 9.10. The van der Waals surface area contributed by atoms with Crippen LogP contribution in [0.4, 0.5) is 11.6 Å². The molecule has 2 heterocycles. The topological polar surface area (TPSA) is 70.5 Å². The minimum absolute atomic E-state index is 0.268. The summed E-state index contributed by atoms with van der Waals surface area (Å²) >= 11 is 3.53. The smallest absolute Gasteiger partial charge is 0.159 e. The van der Waals surface area contributed by atoms with Gasteiger partial charge in [0, 0.05) is 37.0 Å². The van der Waals surface area contributed by atoms with E-state index in [4.69, 9.17) is 4.74 Å². The fourth-order valence-electron chi connectivity index (χ4n) is 3.79. The van der Waals surface area contributed by atoms with E-state index in [0.717, 1.165) is 64.1 Å². The highest BCUT2D eigenvalue weighted by atomic mass is 79.9. The molecule has 1 fully saturated rings. The number of aliphatic hydroxyl groups excluding tert-OH is 1. The number of hydrogen-bond acceptors (Lipinski definition) is 6. The number of nitrogens with zero attached hydrogens (tertiary/aromatic N) is 3. The molecular formula is C22H25BrN4O2. The van der Waals surface area contributed by atoms with Crippen LogP contribution in [0.25, 0.3) is 10.8 Å². The number of aliphatic hydroxyl groups is 1. The van der Waals surface area contributed by atoms with Crippen molar-refractivity contribution in [2.45, 2.75) is 19.4 Å². The number of aromatic nitrogens is 2. The molecule has 1 aromatic heterocycles. The summed E-state index contributed by atoms with van der Waals surface area (Å²) < 4.78 is 6.22. The van der Waals surface area contributed by atoms with E-state index in [1.165, 1.54) is 0 Å². The molecule has 7 heteroatoms. The van der Waals surface area contributed by atoms with Crippen LogP contribution in [0.15, 0.2) is 46.9 Å². The van der Waals surface area contributed by atoms with Crippen molar-refractivity contribution >= 4 is 38.3 Å². The molecule has 2 aromatic carbocycles. The Hall–Kier alpha value is -2.38. The Morgan fingerprint density at radius 3 is 2.59 bits per heavy atom. The summed E-state index contributed by atoms with van der Waals surface area (Å²) in [5.74, 6) is 2.92. The number of fused-ring (bicyclic) bond motifs is 1. The molecule has 1 saturated heterocycles. The zero-order valence-electron chi connectivity index (χ0n) is 16.4. The molecule has 6 nitrogen and oxygen atoms in total. The van der Waals surface area contributed by atoms with E-state index >= 15 is 0 Å². The van der Waals surface area contributed by atoms with Gasteiger partial charge in [0.15, 0.2) is 11.6 Å². The third kappa shape index (κ3) is 4.31. The summed E-state index contributed by atoms with van der Waals surface area (Å²) in [5, 5.41) is 24.0. The first kappa shape index (κ1) is 19.9. The van der Waals surface area contributed by atoms with Crippen molar-refractivity contribution < 1.29 is 9.84 Å². The van der Waals surface area contributed by atoms with E-state index in [1.807, 2.05) is 30.3 Å². The Kier molecular flexibility index (Phi) is 6.16. The van der Waals surface area contributed by atoms with Gasteiger partial charge in [-0.3, -0.25) is 0 Å². The van der Waals surface area contributed by atoms with E-state index in [9.17, 15) is 5.11 Å². The van der Waals surface area contributed by atoms with E-state index in [-0.39, 0.29) is 6.61 Å². The molecule has 0 bridgehead atoms. The number of hydrogen-bond donors (Lipinski definition) is 2. The maximum absolute atomic E-state index is 9.39. The number of rotatable bonds is 6. The number of anilines is 2. The quantitative estimate of drug-likeness (QED) is 0.578. The van der Waals surface area contributed by atoms with Gasteiger partial charge in [-0.25, -0.2) is 0 Å². The summed E-state index contributed by atoms with van der Waals surface area (Å²) in [5.41, 5.74) is 1.12. The first-order chi connectivity index (χ1) is 14.2. The lowest BCUT2D eigenvalue weighted by atomic mass is 9.97. The summed E-state index contributed by atoms with van der Waals surface area (Å²) in [6.07, 6.45) is 1.97. The molecule has 0 saturated carbocycles. The molecule has 152 valence electrons. The number of piperidine rings is 1. The van der Waals surface area contributed by atoms with Gasteiger partial charge in [0.05, 0.1) is 11.6 Å². The second kappa shape index (κ2) is 8.97. The van der Waals surface area contributed by atoms with E-state index in [0.29, 0.717) is 12.5 Å². The molecule has 2 N–H and O–H groups in total. The van der Waals surface area contributed by atoms with Crippen LogP contribution < -0.4 is 15.0 Å². The van der Waals surface area contributed by atoms with E-state index < -0.39 is 0 Å². The molecule has 0 unspecified atom stereocenters. The average molecular weight is 457 g/mol. The van der Waals surface area contributed by atoms with Gasteiger partial charge in [-0.1, -0.05) is 30.3 Å². The lowest BCUT2D eigenvalue weighted by Crippen LogP contribution is -2.35. The van der Waals surface area contributed by atoms with Crippen LogP contribution in [0.1, 0.15) is 18.4 Å². The third-order valence-corrected chi connectivity index (χ3v) is 6.14. The standard InChI is InChI=1S/C22H25BrN4O2/c1-29-20-7-6-16(12-19(20)23)13-24-21-17-4-2-3-5-18(17)22(26-25-21)27-10-8-15(14-28)9-11-27/h2-7,12,15,28H,8-11,13-14H2,1H3,(H,24,25). The monoisotopic (exact) mass is 456 g/mol. The van der Waals surface area contributed by atoms with Crippen LogP contribution in [0.2, 0.25) is 0 Å². The minimum atomic E-state index is 0.268. The Morgan fingerprint density at radius 2 is 1.90 bits per heavy atom. The Morgan fingerprint density at radius 1 is 1.14 bits per heavy atom. The predicted molar refractivity (Wildman–Crippen MR) is 120 cm³/mol. The zero-order chi connectivity index (χ0) is 20.2. The van der Waals surface area contributed by atoms with Crippen LogP contribution >= 0.6 is 15.9 Å². The van der Waals surface area contributed by atoms with Gasteiger partial charge in [-0.05, 0) is 52.4 Å². The molecule has 1 aliphatic rings. The maximum atomic E-state index is 9.39. The number of benzene rings is 2. The SMILES string of the molecule is COc1ccc(CNc2nnc(N3CCC(CO)CC3)c3ccccc23)cc1Br. The number of halogens is 1. The van der Waals surface area contributed by atoms with E-state index in [1.54, 1.807) is 7.11 Å². The molecule has 1 aliphatic heterocycles. The van der Waals surface area contributed by atoms with Gasteiger partial charge < -0.3 is 20.1 Å². The van der Waals surface area contributed by atoms with Crippen molar-refractivity contribution in [3.8, 4) is 5.75 Å². The first-order valence-electron chi connectivity index (χ1n) is 9.87. The summed E-state index contributed by atoms with van der Waals surface area (Å²) in [6, 6.07) is 14.3. The molecule has 3 aromatic rings. The molecule has 29 heavy (non-hydrogen) atoms. The summed E-state index contributed by atoms with van der Waals surface area (Å²) in [7, 11) is 1.66. The zero-order valence-corrected chi connectivity index (χ0v) is 18.0. The fraction of sp³-hybridized carbons (Fsp3) is 0.364. The lowest BCUT2D eigenvalue weighted by Gasteiger charge is -2.32. The molecular weight excluding hydrogens is 432 g/mol. The second-order valence-corrected chi connectivity index (χ2v) is 8.21. The van der Waals surface area contributed by atoms with Crippen molar-refractivity contribution in [2.24, 2.45) is 5.92 Å². The van der Waals surface area contributed by atoms with Crippen molar-refractivity contribution in [1.82, 2.24) is 10.2 Å². The van der Waals surface area contributed by atoms with Gasteiger partial charge in [-0.15, -0.1) is 10.2 Å². The number of nitrogens with one attached hydrogen (secondary N) is 1. The molecule has 0 atom stereocenters. The van der Waals surface area contributed by atoms with Crippen LogP contribution in [-0.2, 0) is 6.54 Å². The molecule has 0 aliphatic carbocycles. The Bertz CT molecular complexity index is 990. The van der Waals surface area contributed by atoms with Crippen LogP contribution in [0, 0.1) is 5.92 Å². The minimum Gasteiger partial charge on any atom is -0.496 e. The predicted octanol–water partition coefficient (Wildman–Crippen LogP) is 4.22. The maximum Gasteiger partial charge on any atom is 0.159 e. The van der Waals surface area contributed by atoms with Gasteiger partial charge in [-0.2, -0.15) is 0 Å². The number of methoxy groups -OCH3 is 1. The van der Waals surface area contributed by atoms with Crippen molar-refractivity contribution in [2.75, 3.05) is 37.0 Å². The highest BCUT2D eigenvalue weighted by Gasteiger charge is 2.22. The fourth-order valence-corrected chi connectivity index (χ4v) is 4.37. The van der Waals surface area contributed by atoms with Gasteiger partial charge in [0.1, 0.15) is 5.75 Å². The first-order valence-corrected chi connectivity index (χ1v) is 10.7. The highest BCUT2D eigenvalue weighted by Crippen LogP contribution is 2.31. The van der Waals surface area contributed by atoms with Crippen LogP contribution in [0.5, 0.6) is 5.75 Å². The molecule has 0 radical (unpaired) electrons. The van der Waals surface area contributed by atoms with Crippen LogP contribution in [0.3, 0.4) is 0 Å². The van der Waals surface area contributed by atoms with Crippen molar-refractivity contribution in [3.63, 3.8) is 0 Å². The molecule has 0 spiro atoms. The van der Waals surface area contributed by atoms with E-state index in [2.05, 4.69) is 48.5 Å². The Balaban J connectivity index is 1.56. The summed E-state index contributed by atoms with van der Waals surface area (Å²) in [6.45, 7) is 2.71. The second-order valence-electron chi connectivity index (χ2n) is 7.35. The normalized spacial score (nSPS) is 14.9. The summed E-state index contributed by atoms with van der Waals surface area (Å²) in [4.78, 5) is 2.28. The Labute approximate surface area is 179 Å². The van der Waals surface area contributed by atoms with Gasteiger partial charge in [0.25, 0.3) is 0 Å². The van der Waals surface area contributed by atoms with Gasteiger partial charge in [0.2, 0.25) is 0 Å². The number of ether oxygens (including phenoxy) is 1. The van der Waals surface area contributed by atoms with Gasteiger partial charge >= 0.3 is 0 Å². The lowest BCUT2D eigenvalue weighted by molar-refractivity contribution is 0.203. The molecule has 0 amide bonds.